The lowest BCUT2D eigenvalue weighted by atomic mass is 9.70. The van der Waals surface area contributed by atoms with Crippen LogP contribution in [0.3, 0.4) is 0 Å². The molecular weight excluding hydrogens is 452 g/mol. The topological polar surface area (TPSA) is 87.0 Å². The van der Waals surface area contributed by atoms with Crippen LogP contribution in [0.2, 0.25) is 0 Å². The Bertz CT molecular complexity index is 1030. The van der Waals surface area contributed by atoms with Crippen LogP contribution >= 0.6 is 0 Å². The number of rotatable bonds is 14. The summed E-state index contributed by atoms with van der Waals surface area (Å²) in [6.07, 6.45) is 6.49. The van der Waals surface area contributed by atoms with Gasteiger partial charge in [-0.3, -0.25) is 4.79 Å². The van der Waals surface area contributed by atoms with Crippen LogP contribution in [-0.2, 0) is 10.2 Å². The van der Waals surface area contributed by atoms with E-state index in [1.165, 1.54) is 16.7 Å². The van der Waals surface area contributed by atoms with Gasteiger partial charge in [0.25, 0.3) is 0 Å². The summed E-state index contributed by atoms with van der Waals surface area (Å²) in [5.74, 6) is -0.224. The minimum Gasteiger partial charge on any atom is -0.491 e. The maximum absolute atomic E-state index is 10.7. The monoisotopic (exact) mass is 496 g/mol. The number of hydrogen-bond acceptors (Lipinski definition) is 4. The van der Waals surface area contributed by atoms with Crippen molar-refractivity contribution in [3.05, 3.63) is 70.3 Å². The highest BCUT2D eigenvalue weighted by Gasteiger charge is 2.31. The van der Waals surface area contributed by atoms with E-state index in [2.05, 4.69) is 51.1 Å². The number of aliphatic carboxylic acids is 1. The van der Waals surface area contributed by atoms with Gasteiger partial charge in [0.15, 0.2) is 0 Å². The zero-order valence-corrected chi connectivity index (χ0v) is 22.8. The lowest BCUT2D eigenvalue weighted by Crippen LogP contribution is -2.26. The second kappa shape index (κ2) is 13.1. The first-order valence-electron chi connectivity index (χ1n) is 13.2. The molecular formula is C31H44O5. The molecule has 2 rings (SSSR count). The Morgan fingerprint density at radius 2 is 1.53 bits per heavy atom. The van der Waals surface area contributed by atoms with Gasteiger partial charge < -0.3 is 20.1 Å². The molecule has 0 heterocycles. The summed E-state index contributed by atoms with van der Waals surface area (Å²) in [5, 5.41) is 29.4. The van der Waals surface area contributed by atoms with Crippen LogP contribution in [0.25, 0.3) is 6.08 Å². The first-order chi connectivity index (χ1) is 17.0. The van der Waals surface area contributed by atoms with Crippen LogP contribution < -0.4 is 4.74 Å². The highest BCUT2D eigenvalue weighted by Crippen LogP contribution is 2.41. The first-order valence-corrected chi connectivity index (χ1v) is 13.2. The predicted molar refractivity (Wildman–Crippen MR) is 147 cm³/mol. The third-order valence-electron chi connectivity index (χ3n) is 7.68. The molecule has 36 heavy (non-hydrogen) atoms. The van der Waals surface area contributed by atoms with Gasteiger partial charge in [-0.05, 0) is 79.8 Å². The molecule has 3 N–H and O–H groups in total. The lowest BCUT2D eigenvalue weighted by molar-refractivity contribution is -0.137. The summed E-state index contributed by atoms with van der Waals surface area (Å²) in [6.45, 7) is 12.6. The molecule has 5 heteroatoms. The van der Waals surface area contributed by atoms with Crippen molar-refractivity contribution in [1.82, 2.24) is 0 Å². The second-order valence-electron chi connectivity index (χ2n) is 9.88. The number of aryl methyl sites for hydroxylation is 2. The lowest BCUT2D eigenvalue weighted by Gasteiger charge is -2.34. The minimum atomic E-state index is -0.923. The quantitative estimate of drug-likeness (QED) is 0.275. The van der Waals surface area contributed by atoms with Gasteiger partial charge in [-0.1, -0.05) is 70.2 Å². The highest BCUT2D eigenvalue weighted by atomic mass is 16.5. The summed E-state index contributed by atoms with van der Waals surface area (Å²) < 4.78 is 5.81. The van der Waals surface area contributed by atoms with Gasteiger partial charge in [-0.2, -0.15) is 0 Å². The van der Waals surface area contributed by atoms with Crippen LogP contribution in [0.5, 0.6) is 5.75 Å². The van der Waals surface area contributed by atoms with Crippen molar-refractivity contribution in [3.8, 4) is 5.75 Å². The maximum atomic E-state index is 10.7. The highest BCUT2D eigenvalue weighted by molar-refractivity contribution is 5.66. The van der Waals surface area contributed by atoms with E-state index in [-0.39, 0.29) is 24.9 Å². The van der Waals surface area contributed by atoms with Crippen molar-refractivity contribution < 1.29 is 24.9 Å². The standard InChI is InChI=1S/C31H44O5/c1-7-30(35,8-2)18-17-24-11-12-25(19-22(24)5)31(9-3,10-4)26-13-15-28(23(6)20-26)36-21-27(32)14-16-29(33)34/h11-13,15,17-20,27,32,35H,7-10,14,16,21H2,1-6H3,(H,33,34)/t27-/m0/s1. The summed E-state index contributed by atoms with van der Waals surface area (Å²) in [5.41, 5.74) is 4.84. The van der Waals surface area contributed by atoms with E-state index in [4.69, 9.17) is 9.84 Å². The normalized spacial score (nSPS) is 13.2. The average molecular weight is 497 g/mol. The zero-order valence-electron chi connectivity index (χ0n) is 22.8. The average Bonchev–Trinajstić information content (AvgIpc) is 2.87. The Labute approximate surface area is 216 Å². The predicted octanol–water partition coefficient (Wildman–Crippen LogP) is 6.58. The molecule has 2 aromatic rings. The molecule has 0 saturated heterocycles. The fourth-order valence-electron chi connectivity index (χ4n) is 4.79. The number of aliphatic hydroxyl groups excluding tert-OH is 1. The van der Waals surface area contributed by atoms with Crippen molar-refractivity contribution in [2.24, 2.45) is 0 Å². The van der Waals surface area contributed by atoms with E-state index in [1.807, 2.05) is 39.0 Å². The molecule has 0 bridgehead atoms. The van der Waals surface area contributed by atoms with Gasteiger partial charge in [0, 0.05) is 11.8 Å². The molecule has 0 unspecified atom stereocenters. The number of ether oxygens (including phenoxy) is 1. The van der Waals surface area contributed by atoms with Crippen molar-refractivity contribution in [2.75, 3.05) is 6.61 Å². The zero-order chi connectivity index (χ0) is 26.9. The van der Waals surface area contributed by atoms with Crippen molar-refractivity contribution in [3.63, 3.8) is 0 Å². The minimum absolute atomic E-state index is 0.0690. The summed E-state index contributed by atoms with van der Waals surface area (Å²) in [6, 6.07) is 12.8. The van der Waals surface area contributed by atoms with Crippen molar-refractivity contribution in [1.29, 1.82) is 0 Å². The van der Waals surface area contributed by atoms with Gasteiger partial charge in [0.1, 0.15) is 12.4 Å². The molecule has 0 fully saturated rings. The van der Waals surface area contributed by atoms with Crippen molar-refractivity contribution in [2.45, 2.75) is 97.2 Å². The molecule has 0 aliphatic heterocycles. The number of carbonyl (C=O) groups is 1. The first kappa shape index (κ1) is 29.6. The van der Waals surface area contributed by atoms with E-state index >= 15 is 0 Å². The summed E-state index contributed by atoms with van der Waals surface area (Å²) in [7, 11) is 0. The molecule has 1 atom stereocenters. The molecule has 0 spiro atoms. The third-order valence-corrected chi connectivity index (χ3v) is 7.68. The van der Waals surface area contributed by atoms with Crippen LogP contribution in [-0.4, -0.2) is 39.6 Å². The van der Waals surface area contributed by atoms with E-state index in [0.29, 0.717) is 18.6 Å². The number of hydrogen-bond donors (Lipinski definition) is 3. The molecule has 0 aromatic heterocycles. The Morgan fingerprint density at radius 1 is 0.944 bits per heavy atom. The summed E-state index contributed by atoms with van der Waals surface area (Å²) in [4.78, 5) is 10.7. The van der Waals surface area contributed by atoms with Gasteiger partial charge in [-0.15, -0.1) is 0 Å². The molecule has 5 nitrogen and oxygen atoms in total. The Kier molecular flexibility index (Phi) is 10.7. The largest absolute Gasteiger partial charge is 0.491 e. The molecule has 0 aliphatic carbocycles. The molecule has 0 saturated carbocycles. The smallest absolute Gasteiger partial charge is 0.303 e. The van der Waals surface area contributed by atoms with Crippen LogP contribution in [0, 0.1) is 13.8 Å². The maximum Gasteiger partial charge on any atom is 0.303 e. The Hall–Kier alpha value is -2.63. The fourth-order valence-corrected chi connectivity index (χ4v) is 4.79. The molecule has 198 valence electrons. The second-order valence-corrected chi connectivity index (χ2v) is 9.88. The fraction of sp³-hybridized carbons (Fsp3) is 0.516. The van der Waals surface area contributed by atoms with Crippen molar-refractivity contribution >= 4 is 12.0 Å². The number of aliphatic hydroxyl groups is 2. The number of carboxylic acids is 1. The van der Waals surface area contributed by atoms with E-state index < -0.39 is 17.7 Å². The summed E-state index contributed by atoms with van der Waals surface area (Å²) >= 11 is 0. The number of carboxylic acid groups (broad SMARTS) is 1. The molecule has 2 aromatic carbocycles. The van der Waals surface area contributed by atoms with E-state index in [1.54, 1.807) is 0 Å². The Morgan fingerprint density at radius 3 is 2.03 bits per heavy atom. The van der Waals surface area contributed by atoms with Crippen LogP contribution in [0.15, 0.2) is 42.5 Å². The van der Waals surface area contributed by atoms with Crippen LogP contribution in [0.1, 0.15) is 94.0 Å². The van der Waals surface area contributed by atoms with E-state index in [0.717, 1.165) is 24.0 Å². The van der Waals surface area contributed by atoms with Gasteiger partial charge in [0.2, 0.25) is 0 Å². The molecule has 0 aliphatic rings. The molecule has 0 radical (unpaired) electrons. The number of benzene rings is 2. The Balaban J connectivity index is 2.30. The third kappa shape index (κ3) is 7.21. The van der Waals surface area contributed by atoms with Crippen LogP contribution in [0.4, 0.5) is 0 Å². The SMILES string of the molecule is CCC(O)(C=Cc1ccc(C(CC)(CC)c2ccc(OC[C@@H](O)CCC(=O)O)c(C)c2)cc1C)CC. The van der Waals surface area contributed by atoms with Gasteiger partial charge >= 0.3 is 5.97 Å². The van der Waals surface area contributed by atoms with E-state index in [9.17, 15) is 15.0 Å². The molecule has 0 amide bonds. The van der Waals surface area contributed by atoms with Gasteiger partial charge in [-0.25, -0.2) is 0 Å². The van der Waals surface area contributed by atoms with Gasteiger partial charge in [0.05, 0.1) is 11.7 Å².